The van der Waals surface area contributed by atoms with Crippen LogP contribution in [0.25, 0.3) is 0 Å². The van der Waals surface area contributed by atoms with Crippen LogP contribution in [0.4, 0.5) is 0 Å². The first-order valence-electron chi connectivity index (χ1n) is 4.10. The maximum atomic E-state index is 10.0. The van der Waals surface area contributed by atoms with Crippen molar-refractivity contribution < 1.29 is 9.59 Å². The molecule has 0 fully saturated rings. The standard InChI is InChI=1S/C9H10N2O2/c1-7-4-8(10-5-12)2-3-9(7)11-6-13/h4,8-9H,2-3H2,1H3. The van der Waals surface area contributed by atoms with Gasteiger partial charge in [-0.25, -0.2) is 9.59 Å². The van der Waals surface area contributed by atoms with E-state index < -0.39 is 0 Å². The molecule has 2 unspecified atom stereocenters. The smallest absolute Gasteiger partial charge is 0.211 e. The quantitative estimate of drug-likeness (QED) is 0.361. The number of hydrogen-bond donors (Lipinski definition) is 0. The average molecular weight is 178 g/mol. The fraction of sp³-hybridized carbons (Fsp3) is 0.556. The van der Waals surface area contributed by atoms with Crippen LogP contribution in [0, 0.1) is 0 Å². The summed E-state index contributed by atoms with van der Waals surface area (Å²) in [6, 6.07) is -0.161. The monoisotopic (exact) mass is 178 g/mol. The van der Waals surface area contributed by atoms with Crippen molar-refractivity contribution in [1.29, 1.82) is 0 Å². The van der Waals surface area contributed by atoms with Crippen molar-refractivity contribution >= 4 is 12.2 Å². The van der Waals surface area contributed by atoms with Gasteiger partial charge in [-0.2, -0.15) is 9.98 Å². The third-order valence-corrected chi connectivity index (χ3v) is 2.14. The molecule has 0 heterocycles. The van der Waals surface area contributed by atoms with E-state index in [-0.39, 0.29) is 12.1 Å². The SMILES string of the molecule is CC1=CC(N=C=O)CCC1N=C=O. The molecule has 0 aromatic rings. The van der Waals surface area contributed by atoms with E-state index in [1.807, 2.05) is 13.0 Å². The molecule has 0 aromatic heterocycles. The number of hydrogen-bond acceptors (Lipinski definition) is 4. The van der Waals surface area contributed by atoms with Gasteiger partial charge in [0.1, 0.15) is 0 Å². The van der Waals surface area contributed by atoms with E-state index in [0.29, 0.717) is 0 Å². The van der Waals surface area contributed by atoms with E-state index >= 15 is 0 Å². The molecule has 1 aliphatic rings. The maximum absolute atomic E-state index is 10.0. The van der Waals surface area contributed by atoms with Crippen molar-refractivity contribution in [3.63, 3.8) is 0 Å². The van der Waals surface area contributed by atoms with Crippen LogP contribution in [0.5, 0.6) is 0 Å². The lowest BCUT2D eigenvalue weighted by molar-refractivity contribution is 0.532. The van der Waals surface area contributed by atoms with Crippen LogP contribution in [0.2, 0.25) is 0 Å². The minimum atomic E-state index is -0.0874. The Bertz CT molecular complexity index is 310. The maximum Gasteiger partial charge on any atom is 0.235 e. The summed E-state index contributed by atoms with van der Waals surface area (Å²) < 4.78 is 0. The average Bonchev–Trinajstić information content (AvgIpc) is 2.10. The van der Waals surface area contributed by atoms with Crippen LogP contribution < -0.4 is 0 Å². The van der Waals surface area contributed by atoms with Crippen LogP contribution in [0.3, 0.4) is 0 Å². The summed E-state index contributed by atoms with van der Waals surface area (Å²) in [6.07, 6.45) is 6.40. The molecule has 0 aromatic carbocycles. The lowest BCUT2D eigenvalue weighted by Crippen LogP contribution is -2.17. The van der Waals surface area contributed by atoms with Gasteiger partial charge >= 0.3 is 0 Å². The number of carbonyl (C=O) groups excluding carboxylic acids is 2. The predicted octanol–water partition coefficient (Wildman–Crippen LogP) is 1.14. The van der Waals surface area contributed by atoms with Crippen molar-refractivity contribution in [3.05, 3.63) is 11.6 Å². The van der Waals surface area contributed by atoms with Crippen molar-refractivity contribution in [2.45, 2.75) is 31.8 Å². The van der Waals surface area contributed by atoms with Crippen LogP contribution in [-0.4, -0.2) is 24.2 Å². The minimum Gasteiger partial charge on any atom is -0.211 e. The molecule has 0 bridgehead atoms. The third kappa shape index (κ3) is 2.48. The Labute approximate surface area is 76.1 Å². The Morgan fingerprint density at radius 2 is 2.00 bits per heavy atom. The molecule has 0 saturated carbocycles. The van der Waals surface area contributed by atoms with Gasteiger partial charge in [0.2, 0.25) is 12.2 Å². The molecule has 0 N–H and O–H groups in total. The molecular formula is C9H10N2O2. The number of rotatable bonds is 2. The summed E-state index contributed by atoms with van der Waals surface area (Å²) in [5.74, 6) is 0. The Morgan fingerprint density at radius 1 is 1.31 bits per heavy atom. The van der Waals surface area contributed by atoms with Crippen LogP contribution in [-0.2, 0) is 9.59 Å². The number of isocyanates is 2. The topological polar surface area (TPSA) is 58.9 Å². The molecule has 1 rings (SSSR count). The van der Waals surface area contributed by atoms with Gasteiger partial charge in [-0.3, -0.25) is 0 Å². The number of aliphatic imine (C=N–C) groups is 2. The van der Waals surface area contributed by atoms with Crippen molar-refractivity contribution in [1.82, 2.24) is 0 Å². The molecule has 4 nitrogen and oxygen atoms in total. The third-order valence-electron chi connectivity index (χ3n) is 2.14. The van der Waals surface area contributed by atoms with Crippen molar-refractivity contribution in [2.75, 3.05) is 0 Å². The summed E-state index contributed by atoms with van der Waals surface area (Å²) in [6.45, 7) is 1.87. The summed E-state index contributed by atoms with van der Waals surface area (Å²) in [7, 11) is 0. The van der Waals surface area contributed by atoms with Crippen molar-refractivity contribution in [3.8, 4) is 0 Å². The molecular weight excluding hydrogens is 168 g/mol. The van der Waals surface area contributed by atoms with Gasteiger partial charge in [0.25, 0.3) is 0 Å². The second-order valence-corrected chi connectivity index (χ2v) is 3.01. The molecule has 0 aliphatic heterocycles. The Balaban J connectivity index is 2.77. The second-order valence-electron chi connectivity index (χ2n) is 3.01. The fourth-order valence-electron chi connectivity index (χ4n) is 1.45. The zero-order valence-electron chi connectivity index (χ0n) is 7.36. The molecule has 0 spiro atoms. The normalized spacial score (nSPS) is 26.7. The van der Waals surface area contributed by atoms with Crippen molar-refractivity contribution in [2.24, 2.45) is 9.98 Å². The summed E-state index contributed by atoms with van der Waals surface area (Å²) in [5, 5.41) is 0. The first-order valence-corrected chi connectivity index (χ1v) is 4.10. The molecule has 68 valence electrons. The Hall–Kier alpha value is -1.50. The van der Waals surface area contributed by atoms with Gasteiger partial charge in [0.15, 0.2) is 0 Å². The van der Waals surface area contributed by atoms with Gasteiger partial charge in [0.05, 0.1) is 12.1 Å². The first-order chi connectivity index (χ1) is 6.27. The highest BCUT2D eigenvalue weighted by Crippen LogP contribution is 2.22. The van der Waals surface area contributed by atoms with Gasteiger partial charge in [0, 0.05) is 0 Å². The van der Waals surface area contributed by atoms with E-state index in [0.717, 1.165) is 18.4 Å². The zero-order chi connectivity index (χ0) is 9.68. The van der Waals surface area contributed by atoms with Gasteiger partial charge < -0.3 is 0 Å². The molecule has 0 amide bonds. The lowest BCUT2D eigenvalue weighted by Gasteiger charge is -2.19. The van der Waals surface area contributed by atoms with Crippen LogP contribution in [0.1, 0.15) is 19.8 Å². The number of nitrogens with zero attached hydrogens (tertiary/aromatic N) is 2. The van der Waals surface area contributed by atoms with E-state index in [4.69, 9.17) is 0 Å². The summed E-state index contributed by atoms with van der Waals surface area (Å²) >= 11 is 0. The Kier molecular flexibility index (Phi) is 3.32. The summed E-state index contributed by atoms with van der Waals surface area (Å²) in [5.41, 5.74) is 0.971. The zero-order valence-corrected chi connectivity index (χ0v) is 7.36. The van der Waals surface area contributed by atoms with Gasteiger partial charge in [-0.1, -0.05) is 6.08 Å². The molecule has 0 saturated heterocycles. The molecule has 4 heteroatoms. The van der Waals surface area contributed by atoms with Gasteiger partial charge in [-0.15, -0.1) is 0 Å². The molecule has 0 radical (unpaired) electrons. The Morgan fingerprint density at radius 3 is 2.54 bits per heavy atom. The largest absolute Gasteiger partial charge is 0.235 e. The second kappa shape index (κ2) is 4.51. The molecule has 13 heavy (non-hydrogen) atoms. The molecule has 1 aliphatic carbocycles. The minimum absolute atomic E-state index is 0.0735. The van der Waals surface area contributed by atoms with E-state index in [9.17, 15) is 9.59 Å². The van der Waals surface area contributed by atoms with Gasteiger partial charge in [-0.05, 0) is 25.3 Å². The highest BCUT2D eigenvalue weighted by molar-refractivity contribution is 5.37. The highest BCUT2D eigenvalue weighted by Gasteiger charge is 2.18. The van der Waals surface area contributed by atoms with Crippen LogP contribution in [0.15, 0.2) is 21.6 Å². The lowest BCUT2D eigenvalue weighted by atomic mass is 9.93. The van der Waals surface area contributed by atoms with E-state index in [1.165, 1.54) is 6.08 Å². The van der Waals surface area contributed by atoms with E-state index in [2.05, 4.69) is 9.98 Å². The van der Waals surface area contributed by atoms with Crippen LogP contribution >= 0.6 is 0 Å². The predicted molar refractivity (Wildman–Crippen MR) is 46.8 cm³/mol. The molecule has 2 atom stereocenters. The fourth-order valence-corrected chi connectivity index (χ4v) is 1.45. The van der Waals surface area contributed by atoms with E-state index in [1.54, 1.807) is 6.08 Å². The summed E-state index contributed by atoms with van der Waals surface area (Å²) in [4.78, 5) is 27.3. The first kappa shape index (κ1) is 9.59. The highest BCUT2D eigenvalue weighted by atomic mass is 16.1.